The number of hydrogen-bond donors (Lipinski definition) is 1. The molecule has 0 fully saturated rings. The van der Waals surface area contributed by atoms with Crippen LogP contribution in [0.25, 0.3) is 0 Å². The summed E-state index contributed by atoms with van der Waals surface area (Å²) in [4.78, 5) is 11.7. The summed E-state index contributed by atoms with van der Waals surface area (Å²) in [7, 11) is 0. The zero-order chi connectivity index (χ0) is 11.4. The Morgan fingerprint density at radius 3 is 2.56 bits per heavy atom. The molecule has 0 unspecified atom stereocenters. The molecule has 2 aromatic rings. The molecule has 0 aliphatic heterocycles. The highest BCUT2D eigenvalue weighted by molar-refractivity contribution is 7.98. The number of hydrogen-bond acceptors (Lipinski definition) is 3. The molecule has 0 aliphatic rings. The van der Waals surface area contributed by atoms with E-state index in [0.717, 1.165) is 10.6 Å². The minimum Gasteiger partial charge on any atom is -0.478 e. The van der Waals surface area contributed by atoms with Gasteiger partial charge in [-0.05, 0) is 46.7 Å². The first-order valence-electron chi connectivity index (χ1n) is 4.73. The summed E-state index contributed by atoms with van der Waals surface area (Å²) in [5.41, 5.74) is 1.64. The lowest BCUT2D eigenvalue weighted by molar-refractivity contribution is 0.0697. The highest BCUT2D eigenvalue weighted by Gasteiger charge is 2.02. The van der Waals surface area contributed by atoms with E-state index in [9.17, 15) is 4.79 Å². The van der Waals surface area contributed by atoms with Crippen LogP contribution in [0.4, 0.5) is 0 Å². The Bertz CT molecular complexity index is 460. The maximum absolute atomic E-state index is 10.7. The van der Waals surface area contributed by atoms with Crippen LogP contribution in [0.1, 0.15) is 15.9 Å². The van der Waals surface area contributed by atoms with Gasteiger partial charge in [0.1, 0.15) is 0 Å². The van der Waals surface area contributed by atoms with Crippen molar-refractivity contribution < 1.29 is 9.90 Å². The molecule has 0 saturated carbocycles. The molecular weight excluding hydrogens is 240 g/mol. The van der Waals surface area contributed by atoms with E-state index < -0.39 is 5.97 Å². The summed E-state index contributed by atoms with van der Waals surface area (Å²) < 4.78 is 0. The van der Waals surface area contributed by atoms with Crippen molar-refractivity contribution in [2.75, 3.05) is 0 Å². The van der Waals surface area contributed by atoms with E-state index in [0.29, 0.717) is 5.56 Å². The van der Waals surface area contributed by atoms with E-state index in [4.69, 9.17) is 5.11 Å². The first-order chi connectivity index (χ1) is 7.75. The molecule has 2 nitrogen and oxygen atoms in total. The Morgan fingerprint density at radius 2 is 2.00 bits per heavy atom. The average Bonchev–Trinajstić information content (AvgIpc) is 2.80. The molecule has 0 amide bonds. The smallest absolute Gasteiger partial charge is 0.335 e. The van der Waals surface area contributed by atoms with Crippen molar-refractivity contribution in [3.8, 4) is 0 Å². The lowest BCUT2D eigenvalue weighted by Crippen LogP contribution is -1.94. The monoisotopic (exact) mass is 250 g/mol. The number of benzene rings is 1. The largest absolute Gasteiger partial charge is 0.478 e. The molecule has 0 aliphatic carbocycles. The second-order valence-electron chi connectivity index (χ2n) is 3.25. The summed E-state index contributed by atoms with van der Waals surface area (Å²) in [5.74, 6) is 0.0463. The molecular formula is C12H10O2S2. The molecule has 1 N–H and O–H groups in total. The van der Waals surface area contributed by atoms with Gasteiger partial charge in [0, 0.05) is 10.6 Å². The quantitative estimate of drug-likeness (QED) is 0.840. The normalized spacial score (nSPS) is 10.2. The Labute approximate surface area is 102 Å². The number of thiophene rings is 1. The fourth-order valence-corrected chi connectivity index (χ4v) is 2.85. The van der Waals surface area contributed by atoms with Crippen LogP contribution in [-0.4, -0.2) is 11.1 Å². The van der Waals surface area contributed by atoms with Gasteiger partial charge in [-0.25, -0.2) is 4.79 Å². The van der Waals surface area contributed by atoms with E-state index in [1.807, 2.05) is 12.1 Å². The highest BCUT2D eigenvalue weighted by Crippen LogP contribution is 2.23. The lowest BCUT2D eigenvalue weighted by atomic mass is 10.2. The molecule has 0 saturated heterocycles. The first-order valence-corrected chi connectivity index (χ1v) is 6.66. The number of aromatic carboxylic acids is 1. The van der Waals surface area contributed by atoms with Gasteiger partial charge in [0.05, 0.1) is 5.56 Å². The lowest BCUT2D eigenvalue weighted by Gasteiger charge is -2.00. The van der Waals surface area contributed by atoms with Crippen LogP contribution in [0.3, 0.4) is 0 Å². The molecule has 1 aromatic carbocycles. The number of thioether (sulfide) groups is 1. The average molecular weight is 250 g/mol. The molecule has 16 heavy (non-hydrogen) atoms. The summed E-state index contributed by atoms with van der Waals surface area (Å²) in [6.45, 7) is 0. The zero-order valence-electron chi connectivity index (χ0n) is 8.42. The Hall–Kier alpha value is -1.26. The fraction of sp³-hybridized carbons (Fsp3) is 0.0833. The number of carboxylic acid groups (broad SMARTS) is 1. The Balaban J connectivity index is 1.98. The second-order valence-corrected chi connectivity index (χ2v) is 5.08. The second kappa shape index (κ2) is 5.18. The van der Waals surface area contributed by atoms with Crippen LogP contribution in [-0.2, 0) is 5.75 Å². The van der Waals surface area contributed by atoms with Crippen molar-refractivity contribution in [3.63, 3.8) is 0 Å². The van der Waals surface area contributed by atoms with Gasteiger partial charge in [-0.1, -0.05) is 0 Å². The van der Waals surface area contributed by atoms with Crippen molar-refractivity contribution in [2.45, 2.75) is 10.6 Å². The van der Waals surface area contributed by atoms with Gasteiger partial charge in [-0.15, -0.1) is 11.8 Å². The molecule has 1 heterocycles. The summed E-state index contributed by atoms with van der Waals surface area (Å²) in [5, 5.41) is 12.9. The van der Waals surface area contributed by atoms with Crippen LogP contribution in [0.5, 0.6) is 0 Å². The van der Waals surface area contributed by atoms with E-state index in [1.54, 1.807) is 35.2 Å². The van der Waals surface area contributed by atoms with Gasteiger partial charge in [0.15, 0.2) is 0 Å². The van der Waals surface area contributed by atoms with Crippen LogP contribution >= 0.6 is 23.1 Å². The Morgan fingerprint density at radius 1 is 1.25 bits per heavy atom. The predicted octanol–water partition coefficient (Wildman–Crippen LogP) is 3.74. The van der Waals surface area contributed by atoms with E-state index >= 15 is 0 Å². The Kier molecular flexibility index (Phi) is 3.64. The van der Waals surface area contributed by atoms with Gasteiger partial charge < -0.3 is 5.11 Å². The predicted molar refractivity (Wildman–Crippen MR) is 67.3 cm³/mol. The molecule has 82 valence electrons. The van der Waals surface area contributed by atoms with Gasteiger partial charge in [-0.3, -0.25) is 0 Å². The number of carboxylic acids is 1. The van der Waals surface area contributed by atoms with Gasteiger partial charge in [-0.2, -0.15) is 11.3 Å². The van der Waals surface area contributed by atoms with E-state index in [1.165, 1.54) is 5.56 Å². The zero-order valence-corrected chi connectivity index (χ0v) is 10.1. The topological polar surface area (TPSA) is 37.3 Å². The minimum absolute atomic E-state index is 0.333. The number of carbonyl (C=O) groups is 1. The van der Waals surface area contributed by atoms with Crippen LogP contribution in [0.2, 0.25) is 0 Å². The summed E-state index contributed by atoms with van der Waals surface area (Å²) in [6.07, 6.45) is 0. The van der Waals surface area contributed by atoms with Crippen molar-refractivity contribution in [1.82, 2.24) is 0 Å². The molecule has 1 aromatic heterocycles. The third-order valence-corrected chi connectivity index (χ3v) is 3.90. The van der Waals surface area contributed by atoms with Crippen molar-refractivity contribution in [3.05, 3.63) is 52.2 Å². The molecule has 0 radical (unpaired) electrons. The van der Waals surface area contributed by atoms with Crippen molar-refractivity contribution >= 4 is 29.1 Å². The molecule has 4 heteroatoms. The SMILES string of the molecule is O=C(O)c1ccc(SCc2ccsc2)cc1. The van der Waals surface area contributed by atoms with E-state index in [2.05, 4.69) is 16.8 Å². The molecule has 2 rings (SSSR count). The fourth-order valence-electron chi connectivity index (χ4n) is 1.24. The minimum atomic E-state index is -0.880. The maximum Gasteiger partial charge on any atom is 0.335 e. The van der Waals surface area contributed by atoms with Crippen LogP contribution in [0.15, 0.2) is 46.0 Å². The first kappa shape index (κ1) is 11.2. The summed E-state index contributed by atoms with van der Waals surface area (Å²) in [6, 6.07) is 9.07. The van der Waals surface area contributed by atoms with Crippen LogP contribution < -0.4 is 0 Å². The highest BCUT2D eigenvalue weighted by atomic mass is 32.2. The molecule has 0 atom stereocenters. The van der Waals surface area contributed by atoms with Crippen molar-refractivity contribution in [1.29, 1.82) is 0 Å². The van der Waals surface area contributed by atoms with Crippen molar-refractivity contribution in [2.24, 2.45) is 0 Å². The maximum atomic E-state index is 10.7. The molecule has 0 bridgehead atoms. The third-order valence-electron chi connectivity index (χ3n) is 2.09. The van der Waals surface area contributed by atoms with Gasteiger partial charge in [0.25, 0.3) is 0 Å². The molecule has 0 spiro atoms. The van der Waals surface area contributed by atoms with Gasteiger partial charge in [0.2, 0.25) is 0 Å². The third kappa shape index (κ3) is 2.87. The van der Waals surface area contributed by atoms with Gasteiger partial charge >= 0.3 is 5.97 Å². The number of rotatable bonds is 4. The van der Waals surface area contributed by atoms with E-state index in [-0.39, 0.29) is 0 Å². The summed E-state index contributed by atoms with van der Waals surface area (Å²) >= 11 is 3.40. The van der Waals surface area contributed by atoms with Crippen LogP contribution in [0, 0.1) is 0 Å². The standard InChI is InChI=1S/C12H10O2S2/c13-12(14)10-1-3-11(4-2-10)16-8-9-5-6-15-7-9/h1-7H,8H2,(H,13,14).